The zero-order valence-electron chi connectivity index (χ0n) is 10.3. The molecule has 0 aliphatic carbocycles. The van der Waals surface area contributed by atoms with Crippen LogP contribution in [0.1, 0.15) is 27.7 Å². The largest absolute Gasteiger partial charge is 0.478 e. The summed E-state index contributed by atoms with van der Waals surface area (Å²) in [6.07, 6.45) is 0. The second kappa shape index (κ2) is 6.62. The van der Waals surface area contributed by atoms with Crippen LogP contribution >= 0.6 is 0 Å². The number of carboxylic acid groups (broad SMARTS) is 1. The van der Waals surface area contributed by atoms with Gasteiger partial charge in [-0.2, -0.15) is 0 Å². The maximum atomic E-state index is 10.7. The minimum atomic E-state index is -0.896. The molecule has 0 saturated carbocycles. The fourth-order valence-corrected chi connectivity index (χ4v) is 1.57. The third kappa shape index (κ3) is 7.14. The summed E-state index contributed by atoms with van der Waals surface area (Å²) < 4.78 is 0. The Morgan fingerprint density at radius 1 is 1.20 bits per heavy atom. The standard InChI is InChI=1S/C12H23NO2/c1-9(2)6-13(7-10(3)4)8-11(5)12(14)15/h9-10H,5-8H2,1-4H3,(H,14,15). The highest BCUT2D eigenvalue weighted by Crippen LogP contribution is 2.06. The predicted molar refractivity (Wildman–Crippen MR) is 62.9 cm³/mol. The van der Waals surface area contributed by atoms with Gasteiger partial charge >= 0.3 is 5.97 Å². The Kier molecular flexibility index (Phi) is 6.25. The highest BCUT2D eigenvalue weighted by molar-refractivity contribution is 5.86. The van der Waals surface area contributed by atoms with Crippen LogP contribution in [0.25, 0.3) is 0 Å². The van der Waals surface area contributed by atoms with Crippen LogP contribution in [0.5, 0.6) is 0 Å². The number of hydrogen-bond donors (Lipinski definition) is 1. The normalized spacial score (nSPS) is 11.4. The Labute approximate surface area is 92.8 Å². The van der Waals surface area contributed by atoms with Crippen LogP contribution in [-0.4, -0.2) is 35.6 Å². The molecular formula is C12H23NO2. The molecular weight excluding hydrogens is 190 g/mol. The summed E-state index contributed by atoms with van der Waals surface area (Å²) in [6.45, 7) is 14.4. The highest BCUT2D eigenvalue weighted by Gasteiger charge is 2.13. The monoisotopic (exact) mass is 213 g/mol. The summed E-state index contributed by atoms with van der Waals surface area (Å²) in [5, 5.41) is 8.77. The molecule has 0 aromatic heterocycles. The summed E-state index contributed by atoms with van der Waals surface area (Å²) >= 11 is 0. The van der Waals surface area contributed by atoms with Gasteiger partial charge in [0.05, 0.1) is 0 Å². The first-order chi connectivity index (χ1) is 6.82. The van der Waals surface area contributed by atoms with E-state index in [2.05, 4.69) is 39.2 Å². The van der Waals surface area contributed by atoms with Gasteiger partial charge in [0.2, 0.25) is 0 Å². The van der Waals surface area contributed by atoms with Gasteiger partial charge in [0.25, 0.3) is 0 Å². The van der Waals surface area contributed by atoms with Crippen LogP contribution in [-0.2, 0) is 4.79 Å². The first-order valence-corrected chi connectivity index (χ1v) is 5.46. The number of rotatable bonds is 7. The van der Waals surface area contributed by atoms with Gasteiger partial charge in [0.1, 0.15) is 0 Å². The van der Waals surface area contributed by atoms with Gasteiger partial charge in [-0.1, -0.05) is 34.3 Å². The summed E-state index contributed by atoms with van der Waals surface area (Å²) in [4.78, 5) is 12.8. The predicted octanol–water partition coefficient (Wildman–Crippen LogP) is 2.24. The van der Waals surface area contributed by atoms with Gasteiger partial charge in [-0.3, -0.25) is 4.90 Å². The lowest BCUT2D eigenvalue weighted by atomic mass is 10.1. The molecule has 0 fully saturated rings. The molecule has 0 aromatic rings. The maximum Gasteiger partial charge on any atom is 0.332 e. The van der Waals surface area contributed by atoms with Crippen molar-refractivity contribution in [3.05, 3.63) is 12.2 Å². The fourth-order valence-electron chi connectivity index (χ4n) is 1.57. The number of nitrogens with zero attached hydrogens (tertiary/aromatic N) is 1. The average molecular weight is 213 g/mol. The van der Waals surface area contributed by atoms with Gasteiger partial charge < -0.3 is 5.11 Å². The Balaban J connectivity index is 4.23. The maximum absolute atomic E-state index is 10.7. The van der Waals surface area contributed by atoms with Crippen molar-refractivity contribution in [2.24, 2.45) is 11.8 Å². The molecule has 0 heterocycles. The lowest BCUT2D eigenvalue weighted by molar-refractivity contribution is -0.132. The van der Waals surface area contributed by atoms with Gasteiger partial charge in [-0.25, -0.2) is 4.79 Å². The molecule has 3 heteroatoms. The van der Waals surface area contributed by atoms with Crippen molar-refractivity contribution in [1.82, 2.24) is 4.90 Å². The Hall–Kier alpha value is -0.830. The van der Waals surface area contributed by atoms with E-state index in [1.165, 1.54) is 0 Å². The van der Waals surface area contributed by atoms with E-state index in [9.17, 15) is 4.79 Å². The molecule has 0 aliphatic heterocycles. The first kappa shape index (κ1) is 14.2. The van der Waals surface area contributed by atoms with Gasteiger partial charge in [0.15, 0.2) is 0 Å². The van der Waals surface area contributed by atoms with Crippen molar-refractivity contribution in [3.63, 3.8) is 0 Å². The minimum Gasteiger partial charge on any atom is -0.478 e. The van der Waals surface area contributed by atoms with E-state index < -0.39 is 5.97 Å². The first-order valence-electron chi connectivity index (χ1n) is 5.46. The van der Waals surface area contributed by atoms with Gasteiger partial charge in [0, 0.05) is 25.2 Å². The lowest BCUT2D eigenvalue weighted by Crippen LogP contribution is -2.34. The molecule has 0 amide bonds. The van der Waals surface area contributed by atoms with E-state index in [0.29, 0.717) is 18.4 Å². The van der Waals surface area contributed by atoms with Crippen molar-refractivity contribution in [3.8, 4) is 0 Å². The minimum absolute atomic E-state index is 0.274. The molecule has 1 N–H and O–H groups in total. The summed E-state index contributed by atoms with van der Waals surface area (Å²) in [7, 11) is 0. The number of carbonyl (C=O) groups is 1. The zero-order chi connectivity index (χ0) is 12.0. The SMILES string of the molecule is C=C(CN(CC(C)C)CC(C)C)C(=O)O. The lowest BCUT2D eigenvalue weighted by Gasteiger charge is -2.25. The molecule has 0 radical (unpaired) electrons. The third-order valence-electron chi connectivity index (χ3n) is 1.96. The molecule has 15 heavy (non-hydrogen) atoms. The quantitative estimate of drug-likeness (QED) is 0.659. The number of aliphatic carboxylic acids is 1. The zero-order valence-corrected chi connectivity index (χ0v) is 10.3. The summed E-state index contributed by atoms with van der Waals surface area (Å²) in [6, 6.07) is 0. The molecule has 0 atom stereocenters. The molecule has 0 saturated heterocycles. The second-order valence-corrected chi connectivity index (χ2v) is 4.89. The molecule has 88 valence electrons. The topological polar surface area (TPSA) is 40.5 Å². The molecule has 0 unspecified atom stereocenters. The van der Waals surface area contributed by atoms with E-state index >= 15 is 0 Å². The van der Waals surface area contributed by atoms with Crippen LogP contribution in [0.2, 0.25) is 0 Å². The van der Waals surface area contributed by atoms with Crippen molar-refractivity contribution in [1.29, 1.82) is 0 Å². The average Bonchev–Trinajstić information content (AvgIpc) is 2.00. The summed E-state index contributed by atoms with van der Waals surface area (Å²) in [5.41, 5.74) is 0.274. The molecule has 3 nitrogen and oxygen atoms in total. The van der Waals surface area contributed by atoms with Crippen molar-refractivity contribution in [2.75, 3.05) is 19.6 Å². The van der Waals surface area contributed by atoms with E-state index in [1.54, 1.807) is 0 Å². The smallest absolute Gasteiger partial charge is 0.332 e. The van der Waals surface area contributed by atoms with Crippen molar-refractivity contribution < 1.29 is 9.90 Å². The molecule has 0 aliphatic rings. The van der Waals surface area contributed by atoms with Gasteiger partial charge in [-0.15, -0.1) is 0 Å². The van der Waals surface area contributed by atoms with Crippen LogP contribution in [0.15, 0.2) is 12.2 Å². The van der Waals surface area contributed by atoms with E-state index in [-0.39, 0.29) is 5.57 Å². The highest BCUT2D eigenvalue weighted by atomic mass is 16.4. The number of carboxylic acids is 1. The Morgan fingerprint density at radius 3 is 1.87 bits per heavy atom. The van der Waals surface area contributed by atoms with Crippen LogP contribution in [0, 0.1) is 11.8 Å². The van der Waals surface area contributed by atoms with Crippen molar-refractivity contribution in [2.45, 2.75) is 27.7 Å². The third-order valence-corrected chi connectivity index (χ3v) is 1.96. The molecule has 0 spiro atoms. The number of hydrogen-bond acceptors (Lipinski definition) is 2. The summed E-state index contributed by atoms with van der Waals surface area (Å²) in [5.74, 6) is 0.197. The fraction of sp³-hybridized carbons (Fsp3) is 0.750. The van der Waals surface area contributed by atoms with Crippen LogP contribution < -0.4 is 0 Å². The van der Waals surface area contributed by atoms with Gasteiger partial charge in [-0.05, 0) is 11.8 Å². The Bertz CT molecular complexity index is 212. The Morgan fingerprint density at radius 2 is 1.60 bits per heavy atom. The van der Waals surface area contributed by atoms with E-state index in [4.69, 9.17) is 5.11 Å². The molecule has 0 aromatic carbocycles. The van der Waals surface area contributed by atoms with Crippen molar-refractivity contribution >= 4 is 5.97 Å². The van der Waals surface area contributed by atoms with Crippen LogP contribution in [0.4, 0.5) is 0 Å². The van der Waals surface area contributed by atoms with E-state index in [1.807, 2.05) is 0 Å². The molecule has 0 rings (SSSR count). The van der Waals surface area contributed by atoms with Crippen LogP contribution in [0.3, 0.4) is 0 Å². The second-order valence-electron chi connectivity index (χ2n) is 4.89. The molecule has 0 bridgehead atoms. The van der Waals surface area contributed by atoms with E-state index in [0.717, 1.165) is 13.1 Å².